The van der Waals surface area contributed by atoms with Gasteiger partial charge in [-0.05, 0) is 13.0 Å². The average molecular weight is 175 g/mol. The van der Waals surface area contributed by atoms with Crippen LogP contribution < -0.4 is 0 Å². The molecule has 0 aliphatic carbocycles. The summed E-state index contributed by atoms with van der Waals surface area (Å²) in [7, 11) is 0. The van der Waals surface area contributed by atoms with E-state index in [1.54, 1.807) is 6.92 Å². The topological polar surface area (TPSA) is 51.0 Å². The van der Waals surface area contributed by atoms with E-state index in [9.17, 15) is 4.79 Å². The number of carbonyl (C=O) groups excluding carboxylic acids is 1. The lowest BCUT2D eigenvalue weighted by molar-refractivity contribution is -0.127. The zero-order chi connectivity index (χ0) is 8.27. The predicted octanol–water partition coefficient (Wildman–Crippen LogP) is 1.46. The van der Waals surface area contributed by atoms with Crippen LogP contribution in [0.1, 0.15) is 6.92 Å². The summed E-state index contributed by atoms with van der Waals surface area (Å²) in [5, 5.41) is 6.83. The van der Waals surface area contributed by atoms with Crippen LogP contribution in [-0.4, -0.2) is 18.6 Å². The molecule has 5 heteroatoms. The number of hydrogen-bond acceptors (Lipinski definition) is 3. The van der Waals surface area contributed by atoms with Crippen molar-refractivity contribution in [2.24, 2.45) is 10.2 Å². The molecule has 11 heavy (non-hydrogen) atoms. The maximum absolute atomic E-state index is 10.8. The molecular formula is C6H7ClN2O2. The van der Waals surface area contributed by atoms with Crippen LogP contribution >= 0.6 is 11.6 Å². The first kappa shape index (κ1) is 8.36. The number of hydrogen-bond donors (Lipinski definition) is 0. The summed E-state index contributed by atoms with van der Waals surface area (Å²) in [5.74, 6) is -0.406. The van der Waals surface area contributed by atoms with Crippen molar-refractivity contribution in [3.05, 3.63) is 11.2 Å². The summed E-state index contributed by atoms with van der Waals surface area (Å²) in [5.41, 5.74) is 0. The first-order valence-electron chi connectivity index (χ1n) is 3.18. The van der Waals surface area contributed by atoms with E-state index in [0.717, 1.165) is 0 Å². The maximum atomic E-state index is 10.8. The van der Waals surface area contributed by atoms with E-state index in [4.69, 9.17) is 16.3 Å². The van der Waals surface area contributed by atoms with Crippen molar-refractivity contribution in [3.63, 3.8) is 0 Å². The minimum atomic E-state index is -0.648. The minimum absolute atomic E-state index is 0.197. The van der Waals surface area contributed by atoms with Crippen molar-refractivity contribution in [1.82, 2.24) is 0 Å². The zero-order valence-electron chi connectivity index (χ0n) is 5.95. The van der Waals surface area contributed by atoms with Gasteiger partial charge in [0.15, 0.2) is 11.3 Å². The second-order valence-corrected chi connectivity index (χ2v) is 2.29. The first-order chi connectivity index (χ1) is 5.24. The largest absolute Gasteiger partial charge is 0.364 e. The van der Waals surface area contributed by atoms with Crippen LogP contribution in [0.2, 0.25) is 0 Å². The fourth-order valence-corrected chi connectivity index (χ4v) is 0.835. The highest BCUT2D eigenvalue weighted by atomic mass is 35.5. The number of rotatable bonds is 2. The van der Waals surface area contributed by atoms with Gasteiger partial charge in [-0.1, -0.05) is 11.6 Å². The molecule has 0 radical (unpaired) electrons. The number of halogens is 1. The Labute approximate surface area is 68.9 Å². The Bertz CT molecular complexity index is 225. The average Bonchev–Trinajstić information content (AvgIpc) is 1.98. The molecule has 0 saturated heterocycles. The van der Waals surface area contributed by atoms with Gasteiger partial charge in [0.05, 0.1) is 0 Å². The molecule has 4 nitrogen and oxygen atoms in total. The van der Waals surface area contributed by atoms with Gasteiger partial charge in [0.2, 0.25) is 0 Å². The molecule has 1 atom stereocenters. The molecule has 1 rings (SSSR count). The highest BCUT2D eigenvalue weighted by molar-refractivity contribution is 6.29. The number of amides is 1. The predicted molar refractivity (Wildman–Crippen MR) is 39.2 cm³/mol. The highest BCUT2D eigenvalue weighted by Gasteiger charge is 2.19. The number of nitrogens with zero attached hydrogens (tertiary/aromatic N) is 2. The first-order valence-corrected chi connectivity index (χ1v) is 3.56. The highest BCUT2D eigenvalue weighted by Crippen LogP contribution is 2.14. The van der Waals surface area contributed by atoms with Crippen LogP contribution in [0.25, 0.3) is 0 Å². The molecule has 1 heterocycles. The van der Waals surface area contributed by atoms with Crippen LogP contribution in [0, 0.1) is 0 Å². The van der Waals surface area contributed by atoms with Gasteiger partial charge < -0.3 is 4.74 Å². The van der Waals surface area contributed by atoms with Crippen molar-refractivity contribution in [3.8, 4) is 0 Å². The Balaban J connectivity index is 2.65. The minimum Gasteiger partial charge on any atom is -0.364 e. The van der Waals surface area contributed by atoms with Gasteiger partial charge in [0.1, 0.15) is 0 Å². The molecular weight excluding hydrogens is 168 g/mol. The molecule has 0 bridgehead atoms. The molecule has 1 unspecified atom stereocenters. The van der Waals surface area contributed by atoms with Crippen molar-refractivity contribution < 1.29 is 9.53 Å². The third-order valence-electron chi connectivity index (χ3n) is 1.12. The molecule has 1 aliphatic heterocycles. The Morgan fingerprint density at radius 3 is 3.09 bits per heavy atom. The molecule has 0 N–H and O–H groups in total. The van der Waals surface area contributed by atoms with Crippen molar-refractivity contribution in [2.75, 3.05) is 6.61 Å². The van der Waals surface area contributed by atoms with E-state index in [0.29, 0.717) is 6.61 Å². The molecule has 0 aromatic carbocycles. The SMILES string of the molecule is CCOC1C=C(Cl)N=NC1=O. The van der Waals surface area contributed by atoms with Crippen LogP contribution in [0.3, 0.4) is 0 Å². The third-order valence-corrected chi connectivity index (χ3v) is 1.32. The van der Waals surface area contributed by atoms with E-state index in [-0.39, 0.29) is 5.16 Å². The standard InChI is InChI=1S/C6H7ClN2O2/c1-2-11-4-3-5(7)8-9-6(4)10/h3-4H,2H2,1H3. The second kappa shape index (κ2) is 3.59. The van der Waals surface area contributed by atoms with Crippen LogP contribution in [0.5, 0.6) is 0 Å². The lowest BCUT2D eigenvalue weighted by Crippen LogP contribution is -2.21. The van der Waals surface area contributed by atoms with Crippen LogP contribution in [0.15, 0.2) is 21.5 Å². The molecule has 0 fully saturated rings. The van der Waals surface area contributed by atoms with Crippen LogP contribution in [-0.2, 0) is 9.53 Å². The van der Waals surface area contributed by atoms with E-state index < -0.39 is 12.0 Å². The smallest absolute Gasteiger partial charge is 0.297 e. The summed E-state index contributed by atoms with van der Waals surface area (Å²) in [4.78, 5) is 10.8. The Hall–Kier alpha value is -0.740. The fraction of sp³-hybridized carbons (Fsp3) is 0.500. The van der Waals surface area contributed by atoms with Gasteiger partial charge >= 0.3 is 0 Å². The molecule has 1 amide bonds. The Morgan fingerprint density at radius 1 is 1.73 bits per heavy atom. The molecule has 0 spiro atoms. The van der Waals surface area contributed by atoms with Gasteiger partial charge in [-0.3, -0.25) is 4.79 Å². The lowest BCUT2D eigenvalue weighted by Gasteiger charge is -2.10. The molecule has 0 aromatic heterocycles. The van der Waals surface area contributed by atoms with Gasteiger partial charge in [-0.15, -0.1) is 10.2 Å². The van der Waals surface area contributed by atoms with Gasteiger partial charge in [0, 0.05) is 6.61 Å². The van der Waals surface area contributed by atoms with Crippen molar-refractivity contribution in [2.45, 2.75) is 13.0 Å². The second-order valence-electron chi connectivity index (χ2n) is 1.90. The van der Waals surface area contributed by atoms with Crippen molar-refractivity contribution in [1.29, 1.82) is 0 Å². The summed E-state index contributed by atoms with van der Waals surface area (Å²) < 4.78 is 5.00. The molecule has 0 aromatic rings. The Morgan fingerprint density at radius 2 is 2.45 bits per heavy atom. The fourth-order valence-electron chi connectivity index (χ4n) is 0.682. The summed E-state index contributed by atoms with van der Waals surface area (Å²) >= 11 is 5.48. The van der Waals surface area contributed by atoms with Gasteiger partial charge in [-0.2, -0.15) is 0 Å². The zero-order valence-corrected chi connectivity index (χ0v) is 6.71. The molecule has 0 saturated carbocycles. The summed E-state index contributed by atoms with van der Waals surface area (Å²) in [6.07, 6.45) is 0.783. The summed E-state index contributed by atoms with van der Waals surface area (Å²) in [6.45, 7) is 2.24. The number of carbonyl (C=O) groups is 1. The van der Waals surface area contributed by atoms with E-state index in [2.05, 4.69) is 10.2 Å². The number of ether oxygens (including phenoxy) is 1. The van der Waals surface area contributed by atoms with Crippen molar-refractivity contribution >= 4 is 17.5 Å². The van der Waals surface area contributed by atoms with Crippen LogP contribution in [0.4, 0.5) is 0 Å². The normalized spacial score (nSPS) is 23.6. The lowest BCUT2D eigenvalue weighted by atomic mass is 10.3. The Kier molecular flexibility index (Phi) is 2.73. The quantitative estimate of drug-likeness (QED) is 0.596. The van der Waals surface area contributed by atoms with E-state index in [1.165, 1.54) is 6.08 Å². The van der Waals surface area contributed by atoms with E-state index >= 15 is 0 Å². The summed E-state index contributed by atoms with van der Waals surface area (Å²) in [6, 6.07) is 0. The molecule has 1 aliphatic rings. The maximum Gasteiger partial charge on any atom is 0.297 e. The monoisotopic (exact) mass is 174 g/mol. The number of azo groups is 1. The van der Waals surface area contributed by atoms with E-state index in [1.807, 2.05) is 0 Å². The third kappa shape index (κ3) is 2.10. The van der Waals surface area contributed by atoms with Gasteiger partial charge in [0.25, 0.3) is 5.91 Å². The molecule has 60 valence electrons. The van der Waals surface area contributed by atoms with Gasteiger partial charge in [-0.25, -0.2) is 0 Å².